The van der Waals surface area contributed by atoms with E-state index >= 15 is 0 Å². The molecule has 0 spiro atoms. The van der Waals surface area contributed by atoms with Crippen molar-refractivity contribution in [3.8, 4) is 0 Å². The van der Waals surface area contributed by atoms with E-state index < -0.39 is 36.8 Å². The lowest BCUT2D eigenvalue weighted by Gasteiger charge is -2.35. The van der Waals surface area contributed by atoms with Crippen LogP contribution in [-0.2, 0) is 0 Å². The zero-order valence-corrected chi connectivity index (χ0v) is 7.82. The third kappa shape index (κ3) is 1.95. The molecule has 98 valence electrons. The zero-order valence-electron chi connectivity index (χ0n) is 7.82. The lowest BCUT2D eigenvalue weighted by molar-refractivity contribution is -0.367. The smallest absolute Gasteiger partial charge is 0.244 e. The predicted molar refractivity (Wildman–Crippen MR) is 36.1 cm³/mol. The summed E-state index contributed by atoms with van der Waals surface area (Å²) >= 11 is 0. The summed E-state index contributed by atoms with van der Waals surface area (Å²) in [7, 11) is 0. The van der Waals surface area contributed by atoms with Gasteiger partial charge in [-0.2, -0.15) is 35.1 Å². The number of alkyl halides is 9. The summed E-state index contributed by atoms with van der Waals surface area (Å²) in [5.74, 6) is -24.0. The van der Waals surface area contributed by atoms with E-state index in [1.54, 1.807) is 0 Å². The molecular formula is C7H7F9. The van der Waals surface area contributed by atoms with Crippen LogP contribution in [0.2, 0.25) is 0 Å². The van der Waals surface area contributed by atoms with E-state index in [0.29, 0.717) is 6.92 Å². The second-order valence-electron chi connectivity index (χ2n) is 3.04. The highest BCUT2D eigenvalue weighted by Gasteiger charge is 2.79. The second-order valence-corrected chi connectivity index (χ2v) is 3.04. The first kappa shape index (κ1) is 15.4. The fraction of sp³-hybridized carbons (Fsp3) is 1.00. The van der Waals surface area contributed by atoms with Gasteiger partial charge in [0.2, 0.25) is 0 Å². The van der Waals surface area contributed by atoms with Crippen LogP contribution in [0.4, 0.5) is 39.5 Å². The van der Waals surface area contributed by atoms with Gasteiger partial charge in [0.05, 0.1) is 0 Å². The highest BCUT2D eigenvalue weighted by molar-refractivity contribution is 5.02. The maximum absolute atomic E-state index is 12.5. The van der Waals surface area contributed by atoms with E-state index in [1.165, 1.54) is 0 Å². The SMILES string of the molecule is CCC(F)(F)C(F)(F)C(F)(F)C(F)(F)CF. The van der Waals surface area contributed by atoms with Gasteiger partial charge >= 0.3 is 23.7 Å². The number of halogens is 9. The van der Waals surface area contributed by atoms with E-state index in [-0.39, 0.29) is 0 Å². The minimum atomic E-state index is -6.46. The van der Waals surface area contributed by atoms with Crippen LogP contribution in [0.5, 0.6) is 0 Å². The van der Waals surface area contributed by atoms with Gasteiger partial charge in [-0.05, 0) is 0 Å². The fourth-order valence-corrected chi connectivity index (χ4v) is 0.765. The summed E-state index contributed by atoms with van der Waals surface area (Å²) in [4.78, 5) is 0. The Balaban J connectivity index is 5.46. The first-order valence-corrected chi connectivity index (χ1v) is 3.94. The van der Waals surface area contributed by atoms with Gasteiger partial charge in [0.1, 0.15) is 0 Å². The Morgan fingerprint density at radius 3 is 1.25 bits per heavy atom. The number of hydrogen-bond acceptors (Lipinski definition) is 0. The molecule has 0 aliphatic carbocycles. The summed E-state index contributed by atoms with van der Waals surface area (Å²) < 4.78 is 111. The maximum atomic E-state index is 12.5. The molecule has 0 saturated carbocycles. The molecule has 0 aliphatic rings. The topological polar surface area (TPSA) is 0 Å². The third-order valence-electron chi connectivity index (χ3n) is 1.92. The quantitative estimate of drug-likeness (QED) is 0.659. The molecule has 0 heterocycles. The van der Waals surface area contributed by atoms with E-state index in [0.717, 1.165) is 0 Å². The van der Waals surface area contributed by atoms with Crippen molar-refractivity contribution in [2.75, 3.05) is 6.67 Å². The van der Waals surface area contributed by atoms with Gasteiger partial charge in [-0.15, -0.1) is 0 Å². The summed E-state index contributed by atoms with van der Waals surface area (Å²) in [5, 5.41) is 0. The Hall–Kier alpha value is -0.630. The van der Waals surface area contributed by atoms with Gasteiger partial charge in [0.15, 0.2) is 6.67 Å². The van der Waals surface area contributed by atoms with Crippen molar-refractivity contribution in [3.05, 3.63) is 0 Å². The highest BCUT2D eigenvalue weighted by Crippen LogP contribution is 2.53. The number of rotatable bonds is 5. The second kappa shape index (κ2) is 3.99. The van der Waals surface area contributed by atoms with E-state index in [9.17, 15) is 39.5 Å². The lowest BCUT2D eigenvalue weighted by atomic mass is 9.98. The molecule has 0 nitrogen and oxygen atoms in total. The molecule has 0 N–H and O–H groups in total. The molecule has 0 bridgehead atoms. The summed E-state index contributed by atoms with van der Waals surface area (Å²) in [6, 6.07) is 0. The van der Waals surface area contributed by atoms with Crippen LogP contribution in [0, 0.1) is 0 Å². The van der Waals surface area contributed by atoms with Crippen LogP contribution in [0.3, 0.4) is 0 Å². The minimum Gasteiger partial charge on any atom is -0.244 e. The van der Waals surface area contributed by atoms with E-state index in [4.69, 9.17) is 0 Å². The van der Waals surface area contributed by atoms with E-state index in [1.807, 2.05) is 0 Å². The van der Waals surface area contributed by atoms with Crippen molar-refractivity contribution in [1.29, 1.82) is 0 Å². The molecule has 0 radical (unpaired) electrons. The molecule has 0 aromatic heterocycles. The van der Waals surface area contributed by atoms with Crippen molar-refractivity contribution in [2.45, 2.75) is 37.0 Å². The van der Waals surface area contributed by atoms with Crippen LogP contribution < -0.4 is 0 Å². The first-order valence-electron chi connectivity index (χ1n) is 3.94. The van der Waals surface area contributed by atoms with Crippen molar-refractivity contribution >= 4 is 0 Å². The van der Waals surface area contributed by atoms with Crippen LogP contribution in [0.25, 0.3) is 0 Å². The van der Waals surface area contributed by atoms with Crippen molar-refractivity contribution in [1.82, 2.24) is 0 Å². The molecule has 16 heavy (non-hydrogen) atoms. The standard InChI is InChI=1S/C7H7F9/c1-2-4(9,10)6(13,14)7(15,16)5(11,12)3-8/h2-3H2,1H3. The van der Waals surface area contributed by atoms with Crippen LogP contribution >= 0.6 is 0 Å². The van der Waals surface area contributed by atoms with Gasteiger partial charge in [0, 0.05) is 6.42 Å². The summed E-state index contributed by atoms with van der Waals surface area (Å²) in [5.41, 5.74) is 0. The average Bonchev–Trinajstić information content (AvgIpc) is 2.16. The first-order chi connectivity index (χ1) is 6.87. The monoisotopic (exact) mass is 262 g/mol. The van der Waals surface area contributed by atoms with Crippen molar-refractivity contribution in [2.24, 2.45) is 0 Å². The Morgan fingerprint density at radius 2 is 1.00 bits per heavy atom. The Labute approximate surface area is 84.4 Å². The fourth-order valence-electron chi connectivity index (χ4n) is 0.765. The minimum absolute atomic E-state index is 0.414. The highest BCUT2D eigenvalue weighted by atomic mass is 19.4. The normalized spacial score (nSPS) is 15.4. The molecule has 0 atom stereocenters. The Morgan fingerprint density at radius 1 is 0.688 bits per heavy atom. The van der Waals surface area contributed by atoms with Crippen LogP contribution in [0.15, 0.2) is 0 Å². The molecule has 9 heteroatoms. The average molecular weight is 262 g/mol. The molecule has 0 rings (SSSR count). The molecule has 0 saturated heterocycles. The zero-order chi connectivity index (χ0) is 13.4. The number of hydrogen-bond donors (Lipinski definition) is 0. The van der Waals surface area contributed by atoms with Gasteiger partial charge < -0.3 is 0 Å². The van der Waals surface area contributed by atoms with Gasteiger partial charge in [0.25, 0.3) is 0 Å². The summed E-state index contributed by atoms with van der Waals surface area (Å²) in [6.45, 7) is -2.74. The molecule has 0 fully saturated rings. The predicted octanol–water partition coefficient (Wildman–Crippen LogP) is 3.91. The van der Waals surface area contributed by atoms with E-state index in [2.05, 4.69) is 0 Å². The Bertz CT molecular complexity index is 218. The third-order valence-corrected chi connectivity index (χ3v) is 1.92. The summed E-state index contributed by atoms with van der Waals surface area (Å²) in [6.07, 6.45) is -1.78. The van der Waals surface area contributed by atoms with Gasteiger partial charge in [-0.3, -0.25) is 0 Å². The van der Waals surface area contributed by atoms with Crippen molar-refractivity contribution < 1.29 is 39.5 Å². The van der Waals surface area contributed by atoms with Crippen LogP contribution in [-0.4, -0.2) is 30.4 Å². The maximum Gasteiger partial charge on any atom is 0.380 e. The Kier molecular flexibility index (Phi) is 3.83. The molecular weight excluding hydrogens is 255 g/mol. The van der Waals surface area contributed by atoms with Gasteiger partial charge in [-0.1, -0.05) is 6.92 Å². The lowest BCUT2D eigenvalue weighted by Crippen LogP contribution is -2.62. The molecule has 0 unspecified atom stereocenters. The molecule has 0 amide bonds. The van der Waals surface area contributed by atoms with Gasteiger partial charge in [-0.25, -0.2) is 4.39 Å². The van der Waals surface area contributed by atoms with Crippen LogP contribution in [0.1, 0.15) is 13.3 Å². The molecule has 0 aliphatic heterocycles. The molecule has 0 aromatic carbocycles. The van der Waals surface area contributed by atoms with Crippen molar-refractivity contribution in [3.63, 3.8) is 0 Å². The molecule has 0 aromatic rings. The largest absolute Gasteiger partial charge is 0.380 e.